The molecule has 1 aromatic carbocycles. The number of alkyl halides is 3. The van der Waals surface area contributed by atoms with Crippen molar-refractivity contribution in [1.29, 1.82) is 0 Å². The van der Waals surface area contributed by atoms with Crippen LogP contribution in [0.4, 0.5) is 0 Å². The molecule has 5 rings (SSSR count). The third-order valence-corrected chi connectivity index (χ3v) is 10.4. The Labute approximate surface area is 245 Å². The van der Waals surface area contributed by atoms with E-state index in [-0.39, 0.29) is 35.2 Å². The zero-order valence-electron chi connectivity index (χ0n) is 21.9. The number of carbonyl (C=O) groups excluding carboxylic acids is 4. The molecule has 6 unspecified atom stereocenters. The van der Waals surface area contributed by atoms with Crippen LogP contribution >= 0.6 is 39.1 Å². The summed E-state index contributed by atoms with van der Waals surface area (Å²) in [7, 11) is 1.44. The SMILES string of the molecule is COc1cc(C=CC2C3=CCC4C(=O)N(C(C)(C)C)C(=O)C4C3CC3(Cl)C(=O)N(CBr)C(=O)C23Cl)ccc1O. The van der Waals surface area contributed by atoms with E-state index in [1.165, 1.54) is 18.1 Å². The highest BCUT2D eigenvalue weighted by atomic mass is 79.9. The lowest BCUT2D eigenvalue weighted by atomic mass is 9.57. The van der Waals surface area contributed by atoms with Crippen molar-refractivity contribution >= 4 is 68.8 Å². The summed E-state index contributed by atoms with van der Waals surface area (Å²) < 4.78 is 5.21. The predicted octanol–water partition coefficient (Wildman–Crippen LogP) is 4.46. The van der Waals surface area contributed by atoms with Crippen LogP contribution in [0.15, 0.2) is 35.9 Å². The molecule has 39 heavy (non-hydrogen) atoms. The standard InChI is InChI=1S/C28H29BrCl2N2O6/c1-26(2,3)33-22(35)16-8-7-15-17(21(16)23(33)36)12-27(30)24(37)32(13-29)25(38)28(27,31)18(15)9-5-14-6-10-19(34)20(11-14)39-4/h5-7,9-11,16-18,21,34H,8,12-13H2,1-4H3. The van der Waals surface area contributed by atoms with Crippen molar-refractivity contribution in [2.75, 3.05) is 12.6 Å². The van der Waals surface area contributed by atoms with E-state index >= 15 is 0 Å². The number of halogens is 3. The number of hydrogen-bond acceptors (Lipinski definition) is 6. The molecule has 0 radical (unpaired) electrons. The molecule has 2 aliphatic carbocycles. The van der Waals surface area contributed by atoms with Gasteiger partial charge in [-0.1, -0.05) is 45.8 Å². The first-order valence-electron chi connectivity index (χ1n) is 12.7. The van der Waals surface area contributed by atoms with Crippen LogP contribution < -0.4 is 4.74 Å². The minimum atomic E-state index is -1.85. The Balaban J connectivity index is 1.65. The third-order valence-electron chi connectivity index (χ3n) is 8.43. The summed E-state index contributed by atoms with van der Waals surface area (Å²) in [5.74, 6) is -4.23. The Kier molecular flexibility index (Phi) is 6.75. The number of carbonyl (C=O) groups is 4. The molecule has 2 aliphatic heterocycles. The van der Waals surface area contributed by atoms with Gasteiger partial charge >= 0.3 is 0 Å². The van der Waals surface area contributed by atoms with Gasteiger partial charge in [-0.15, -0.1) is 23.2 Å². The Morgan fingerprint density at radius 1 is 1.13 bits per heavy atom. The number of ether oxygens (including phenoxy) is 1. The summed E-state index contributed by atoms with van der Waals surface area (Å²) in [4.78, 5) is 53.1. The smallest absolute Gasteiger partial charge is 0.254 e. The first-order chi connectivity index (χ1) is 18.2. The second kappa shape index (κ2) is 9.35. The highest BCUT2D eigenvalue weighted by molar-refractivity contribution is 9.09. The molecule has 1 aromatic rings. The van der Waals surface area contributed by atoms with Crippen molar-refractivity contribution in [1.82, 2.24) is 9.80 Å². The Bertz CT molecular complexity index is 1360. The summed E-state index contributed by atoms with van der Waals surface area (Å²) in [5.41, 5.74) is 0.586. The zero-order valence-corrected chi connectivity index (χ0v) is 25.0. The minimum Gasteiger partial charge on any atom is -0.504 e. The van der Waals surface area contributed by atoms with Crippen molar-refractivity contribution in [3.05, 3.63) is 41.5 Å². The largest absolute Gasteiger partial charge is 0.504 e. The summed E-state index contributed by atoms with van der Waals surface area (Å²) in [5, 5.41) is 9.98. The van der Waals surface area contributed by atoms with Gasteiger partial charge in [0.2, 0.25) is 11.8 Å². The van der Waals surface area contributed by atoms with Gasteiger partial charge in [0.15, 0.2) is 21.2 Å². The number of nitrogens with zero attached hydrogens (tertiary/aromatic N) is 2. The molecule has 4 aliphatic rings. The van der Waals surface area contributed by atoms with Crippen LogP contribution in [0.25, 0.3) is 6.08 Å². The average Bonchev–Trinajstić information content (AvgIpc) is 3.22. The molecule has 8 nitrogen and oxygen atoms in total. The molecule has 4 amide bonds. The molecule has 2 heterocycles. The van der Waals surface area contributed by atoms with Gasteiger partial charge in [0, 0.05) is 11.5 Å². The van der Waals surface area contributed by atoms with Gasteiger partial charge in [-0.3, -0.25) is 29.0 Å². The highest BCUT2D eigenvalue weighted by Gasteiger charge is 2.75. The number of amides is 4. The lowest BCUT2D eigenvalue weighted by Crippen LogP contribution is -2.60. The van der Waals surface area contributed by atoms with E-state index in [1.54, 1.807) is 24.3 Å². The number of allylic oxidation sites excluding steroid dienone is 3. The molecule has 208 valence electrons. The van der Waals surface area contributed by atoms with Gasteiger partial charge in [0.1, 0.15) is 0 Å². The van der Waals surface area contributed by atoms with Crippen molar-refractivity contribution in [3.8, 4) is 11.5 Å². The molecule has 0 bridgehead atoms. The summed E-state index contributed by atoms with van der Waals surface area (Å²) in [6, 6.07) is 4.77. The van der Waals surface area contributed by atoms with Crippen LogP contribution in [-0.2, 0) is 19.2 Å². The molecule has 2 saturated heterocycles. The maximum atomic E-state index is 13.8. The monoisotopic (exact) mass is 638 g/mol. The third kappa shape index (κ3) is 3.83. The first-order valence-corrected chi connectivity index (χ1v) is 14.5. The topological polar surface area (TPSA) is 104 Å². The van der Waals surface area contributed by atoms with Crippen LogP contribution in [-0.4, -0.2) is 66.4 Å². The zero-order chi connectivity index (χ0) is 28.7. The molecule has 3 fully saturated rings. The number of hydrogen-bond donors (Lipinski definition) is 1. The lowest BCUT2D eigenvalue weighted by molar-refractivity contribution is -0.146. The van der Waals surface area contributed by atoms with E-state index in [1.807, 2.05) is 26.8 Å². The Hall–Kier alpha value is -2.36. The van der Waals surface area contributed by atoms with Crippen molar-refractivity contribution in [3.63, 3.8) is 0 Å². The highest BCUT2D eigenvalue weighted by Crippen LogP contribution is 2.63. The number of phenolic OH excluding ortho intramolecular Hbond substituents is 1. The van der Waals surface area contributed by atoms with Crippen LogP contribution in [0.1, 0.15) is 39.2 Å². The molecule has 11 heteroatoms. The van der Waals surface area contributed by atoms with E-state index in [2.05, 4.69) is 15.9 Å². The normalized spacial score (nSPS) is 34.4. The van der Waals surface area contributed by atoms with Gasteiger partial charge in [-0.25, -0.2) is 0 Å². The van der Waals surface area contributed by atoms with Gasteiger partial charge < -0.3 is 9.84 Å². The number of phenols is 1. The number of methoxy groups -OCH3 is 1. The number of benzene rings is 1. The van der Waals surface area contributed by atoms with Crippen LogP contribution in [0.2, 0.25) is 0 Å². The van der Waals surface area contributed by atoms with Gasteiger partial charge in [0.05, 0.1) is 24.4 Å². The van der Waals surface area contributed by atoms with Crippen LogP contribution in [0.5, 0.6) is 11.5 Å². The predicted molar refractivity (Wildman–Crippen MR) is 149 cm³/mol. The van der Waals surface area contributed by atoms with Crippen molar-refractivity contribution < 1.29 is 29.0 Å². The molecular formula is C28H29BrCl2N2O6. The van der Waals surface area contributed by atoms with Crippen molar-refractivity contribution in [2.45, 2.75) is 48.9 Å². The molecular weight excluding hydrogens is 611 g/mol. The van der Waals surface area contributed by atoms with Gasteiger partial charge in [-0.05, 0) is 57.2 Å². The van der Waals surface area contributed by atoms with E-state index in [4.69, 9.17) is 27.9 Å². The number of aromatic hydroxyl groups is 1. The quantitative estimate of drug-likeness (QED) is 0.226. The summed E-state index contributed by atoms with van der Waals surface area (Å²) >= 11 is 17.5. The molecule has 1 N–H and O–H groups in total. The fourth-order valence-electron chi connectivity index (χ4n) is 6.67. The van der Waals surface area contributed by atoms with E-state index < -0.39 is 50.8 Å². The van der Waals surface area contributed by atoms with Gasteiger partial charge in [-0.2, -0.15) is 0 Å². The number of rotatable bonds is 4. The summed E-state index contributed by atoms with van der Waals surface area (Å²) in [6.45, 7) is 5.44. The molecule has 0 spiro atoms. The van der Waals surface area contributed by atoms with E-state index in [9.17, 15) is 24.3 Å². The van der Waals surface area contributed by atoms with E-state index in [0.717, 1.165) is 10.5 Å². The number of likely N-dealkylation sites (tertiary alicyclic amines) is 2. The number of fused-ring (bicyclic) bond motifs is 4. The second-order valence-electron chi connectivity index (χ2n) is 11.5. The molecule has 6 atom stereocenters. The first kappa shape index (κ1) is 28.2. The average molecular weight is 640 g/mol. The Morgan fingerprint density at radius 2 is 1.82 bits per heavy atom. The fraction of sp³-hybridized carbons (Fsp3) is 0.500. The van der Waals surface area contributed by atoms with E-state index in [0.29, 0.717) is 12.0 Å². The Morgan fingerprint density at radius 3 is 2.44 bits per heavy atom. The molecule has 0 aromatic heterocycles. The van der Waals surface area contributed by atoms with Crippen LogP contribution in [0.3, 0.4) is 0 Å². The molecule has 1 saturated carbocycles. The summed E-state index contributed by atoms with van der Waals surface area (Å²) in [6.07, 6.45) is 5.61. The lowest BCUT2D eigenvalue weighted by Gasteiger charge is -2.49. The second-order valence-corrected chi connectivity index (χ2v) is 13.2. The van der Waals surface area contributed by atoms with Crippen molar-refractivity contribution in [2.24, 2.45) is 23.7 Å². The van der Waals surface area contributed by atoms with Crippen LogP contribution in [0, 0.1) is 23.7 Å². The fourth-order valence-corrected chi connectivity index (χ4v) is 8.05. The van der Waals surface area contributed by atoms with Gasteiger partial charge in [0.25, 0.3) is 11.8 Å². The maximum Gasteiger partial charge on any atom is 0.254 e. The number of imide groups is 2. The minimum absolute atomic E-state index is 0.0284. The maximum absolute atomic E-state index is 13.8.